The Morgan fingerprint density at radius 2 is 2.07 bits per heavy atom. The van der Waals surface area contributed by atoms with Crippen molar-refractivity contribution in [3.8, 4) is 11.4 Å². The topological polar surface area (TPSA) is 81.7 Å². The number of rotatable bonds is 3. The van der Waals surface area contributed by atoms with Gasteiger partial charge in [-0.2, -0.15) is 5.10 Å². The Labute approximate surface area is 157 Å². The van der Waals surface area contributed by atoms with E-state index in [0.717, 1.165) is 42.3 Å². The summed E-state index contributed by atoms with van der Waals surface area (Å²) in [6.45, 7) is 3.35. The van der Waals surface area contributed by atoms with E-state index >= 15 is 0 Å². The van der Waals surface area contributed by atoms with Crippen molar-refractivity contribution in [1.29, 1.82) is 0 Å². The summed E-state index contributed by atoms with van der Waals surface area (Å²) in [5, 5.41) is 4.24. The number of hydrogen-bond acceptors (Lipinski definition) is 5. The Morgan fingerprint density at radius 3 is 2.78 bits per heavy atom. The summed E-state index contributed by atoms with van der Waals surface area (Å²) in [5.74, 6) is 1.09. The molecule has 4 heterocycles. The van der Waals surface area contributed by atoms with E-state index in [1.54, 1.807) is 23.1 Å². The Balaban J connectivity index is 1.56. The Bertz CT molecular complexity index is 974. The van der Waals surface area contributed by atoms with E-state index in [1.807, 2.05) is 42.9 Å². The molecule has 0 bridgehead atoms. The lowest BCUT2D eigenvalue weighted by Crippen LogP contribution is -2.39. The summed E-state index contributed by atoms with van der Waals surface area (Å²) >= 11 is 0. The van der Waals surface area contributed by atoms with Gasteiger partial charge in [0.15, 0.2) is 0 Å². The summed E-state index contributed by atoms with van der Waals surface area (Å²) in [6, 6.07) is 1.76. The number of likely N-dealkylation sites (tertiary alicyclic amines) is 1. The molecule has 3 aromatic rings. The lowest BCUT2D eigenvalue weighted by Gasteiger charge is -2.32. The molecule has 0 spiro atoms. The molecule has 0 aliphatic carbocycles. The zero-order valence-electron chi connectivity index (χ0n) is 15.8. The lowest BCUT2D eigenvalue weighted by atomic mass is 9.94. The molecule has 3 aromatic heterocycles. The smallest absolute Gasteiger partial charge is 0.274 e. The van der Waals surface area contributed by atoms with Crippen LogP contribution in [0.15, 0.2) is 30.9 Å². The van der Waals surface area contributed by atoms with Gasteiger partial charge >= 0.3 is 0 Å². The molecular weight excluding hydrogens is 342 g/mol. The predicted octanol–water partition coefficient (Wildman–Crippen LogP) is 1.94. The Morgan fingerprint density at radius 1 is 1.22 bits per heavy atom. The van der Waals surface area contributed by atoms with Gasteiger partial charge in [0.1, 0.15) is 17.2 Å². The molecule has 8 nitrogen and oxygen atoms in total. The number of aromatic nitrogens is 6. The fourth-order valence-electron chi connectivity index (χ4n) is 3.54. The minimum absolute atomic E-state index is 0.0216. The summed E-state index contributed by atoms with van der Waals surface area (Å²) in [6.07, 6.45) is 9.13. The minimum atomic E-state index is -0.0216. The standard InChI is InChI=1S/C19H23N7O/c1-13-21-11-18(25(13)3)17-10-20-9-16(22-17)14-5-4-7-26(12-14)19(27)15-6-8-24(2)23-15/h6,8-11,14H,4-5,7,12H2,1-3H3/t14-/m1/s1. The van der Waals surface area contributed by atoms with Crippen molar-refractivity contribution >= 4 is 5.91 Å². The van der Waals surface area contributed by atoms with Crippen LogP contribution in [-0.4, -0.2) is 53.2 Å². The average molecular weight is 365 g/mol. The highest BCUT2D eigenvalue weighted by Gasteiger charge is 2.27. The van der Waals surface area contributed by atoms with Crippen LogP contribution in [0, 0.1) is 6.92 Å². The molecule has 1 saturated heterocycles. The van der Waals surface area contributed by atoms with Crippen LogP contribution in [0.1, 0.15) is 40.8 Å². The van der Waals surface area contributed by atoms with Crippen molar-refractivity contribution in [1.82, 2.24) is 34.2 Å². The third-order valence-electron chi connectivity index (χ3n) is 5.20. The van der Waals surface area contributed by atoms with Crippen LogP contribution >= 0.6 is 0 Å². The maximum absolute atomic E-state index is 12.7. The summed E-state index contributed by atoms with van der Waals surface area (Å²) < 4.78 is 3.66. The molecule has 140 valence electrons. The van der Waals surface area contributed by atoms with Gasteiger partial charge < -0.3 is 9.47 Å². The highest BCUT2D eigenvalue weighted by molar-refractivity contribution is 5.92. The molecule has 1 amide bonds. The average Bonchev–Trinajstić information content (AvgIpc) is 3.27. The first-order valence-electron chi connectivity index (χ1n) is 9.12. The van der Waals surface area contributed by atoms with Crippen molar-refractivity contribution in [3.63, 3.8) is 0 Å². The van der Waals surface area contributed by atoms with Crippen molar-refractivity contribution in [2.24, 2.45) is 14.1 Å². The number of hydrogen-bond donors (Lipinski definition) is 0. The number of nitrogens with zero attached hydrogens (tertiary/aromatic N) is 7. The van der Waals surface area contributed by atoms with E-state index in [0.29, 0.717) is 12.2 Å². The van der Waals surface area contributed by atoms with Crippen LogP contribution in [0.5, 0.6) is 0 Å². The molecule has 8 heteroatoms. The number of carbonyl (C=O) groups excluding carboxylic acids is 1. The molecule has 27 heavy (non-hydrogen) atoms. The lowest BCUT2D eigenvalue weighted by molar-refractivity contribution is 0.0699. The van der Waals surface area contributed by atoms with Gasteiger partial charge in [-0.1, -0.05) is 0 Å². The van der Waals surface area contributed by atoms with Crippen LogP contribution in [0.3, 0.4) is 0 Å². The van der Waals surface area contributed by atoms with Crippen LogP contribution in [0.4, 0.5) is 0 Å². The number of aryl methyl sites for hydroxylation is 2. The molecule has 1 atom stereocenters. The summed E-state index contributed by atoms with van der Waals surface area (Å²) in [7, 11) is 3.79. The second-order valence-electron chi connectivity index (χ2n) is 7.04. The molecule has 0 saturated carbocycles. The van der Waals surface area contributed by atoms with Gasteiger partial charge in [-0.05, 0) is 25.8 Å². The SMILES string of the molecule is Cc1ncc(-c2cncc([C@@H]3CCCN(C(=O)c4ccn(C)n4)C3)n2)n1C. The molecular formula is C19H23N7O. The molecule has 4 rings (SSSR count). The minimum Gasteiger partial charge on any atom is -0.337 e. The van der Waals surface area contributed by atoms with Crippen molar-refractivity contribution in [3.05, 3.63) is 48.1 Å². The molecule has 0 aromatic carbocycles. The summed E-state index contributed by atoms with van der Waals surface area (Å²) in [5.41, 5.74) is 3.16. The summed E-state index contributed by atoms with van der Waals surface area (Å²) in [4.78, 5) is 28.2. The van der Waals surface area contributed by atoms with E-state index in [1.165, 1.54) is 0 Å². The van der Waals surface area contributed by atoms with Crippen LogP contribution in [0.25, 0.3) is 11.4 Å². The predicted molar refractivity (Wildman–Crippen MR) is 100 cm³/mol. The second kappa shape index (κ2) is 6.94. The molecule has 1 fully saturated rings. The number of piperidine rings is 1. The highest BCUT2D eigenvalue weighted by atomic mass is 16.2. The zero-order valence-corrected chi connectivity index (χ0v) is 15.8. The van der Waals surface area contributed by atoms with Gasteiger partial charge in [-0.3, -0.25) is 14.5 Å². The fourth-order valence-corrected chi connectivity index (χ4v) is 3.54. The number of carbonyl (C=O) groups is 1. The van der Waals surface area contributed by atoms with Crippen molar-refractivity contribution in [2.75, 3.05) is 13.1 Å². The highest BCUT2D eigenvalue weighted by Crippen LogP contribution is 2.27. The van der Waals surface area contributed by atoms with Crippen LogP contribution in [-0.2, 0) is 14.1 Å². The third-order valence-corrected chi connectivity index (χ3v) is 5.20. The quantitative estimate of drug-likeness (QED) is 0.708. The largest absolute Gasteiger partial charge is 0.337 e. The number of amides is 1. The van der Waals surface area contributed by atoms with Crippen LogP contribution < -0.4 is 0 Å². The zero-order chi connectivity index (χ0) is 19.0. The maximum Gasteiger partial charge on any atom is 0.274 e. The van der Waals surface area contributed by atoms with Crippen LogP contribution in [0.2, 0.25) is 0 Å². The monoisotopic (exact) mass is 365 g/mol. The van der Waals surface area contributed by atoms with Crippen molar-refractivity contribution in [2.45, 2.75) is 25.7 Å². The molecule has 0 N–H and O–H groups in total. The van der Waals surface area contributed by atoms with Gasteiger partial charge in [-0.15, -0.1) is 0 Å². The third kappa shape index (κ3) is 3.34. The van der Waals surface area contributed by atoms with Gasteiger partial charge in [0.25, 0.3) is 5.91 Å². The molecule has 0 unspecified atom stereocenters. The Hall–Kier alpha value is -3.03. The normalized spacial score (nSPS) is 17.3. The first-order chi connectivity index (χ1) is 13.0. The second-order valence-corrected chi connectivity index (χ2v) is 7.04. The van der Waals surface area contributed by atoms with E-state index in [4.69, 9.17) is 4.98 Å². The molecule has 1 aliphatic rings. The maximum atomic E-state index is 12.7. The fraction of sp³-hybridized carbons (Fsp3) is 0.421. The van der Waals surface area contributed by atoms with E-state index in [-0.39, 0.29) is 11.8 Å². The first-order valence-corrected chi connectivity index (χ1v) is 9.12. The van der Waals surface area contributed by atoms with E-state index < -0.39 is 0 Å². The Kier molecular flexibility index (Phi) is 4.47. The molecule has 1 aliphatic heterocycles. The van der Waals surface area contributed by atoms with Gasteiger partial charge in [0.05, 0.1) is 23.8 Å². The van der Waals surface area contributed by atoms with Gasteiger partial charge in [0, 0.05) is 45.5 Å². The molecule has 0 radical (unpaired) electrons. The van der Waals surface area contributed by atoms with E-state index in [2.05, 4.69) is 15.1 Å². The van der Waals surface area contributed by atoms with Gasteiger partial charge in [-0.25, -0.2) is 9.97 Å². The number of imidazole rings is 1. The van der Waals surface area contributed by atoms with Crippen molar-refractivity contribution < 1.29 is 4.79 Å². The first kappa shape index (κ1) is 17.4. The van der Waals surface area contributed by atoms with E-state index in [9.17, 15) is 4.79 Å². The van der Waals surface area contributed by atoms with Gasteiger partial charge in [0.2, 0.25) is 0 Å².